The SMILES string of the molecule is Cc1cc(-c2[nH]c3cc(C4CCCN(CC(N)=O)C4)sc3c2C(C)C)cn2ncnc12. The smallest absolute Gasteiger partial charge is 0.231 e. The number of nitrogens with one attached hydrogen (secondary N) is 1. The minimum Gasteiger partial charge on any atom is -0.369 e. The molecule has 4 aromatic rings. The first-order chi connectivity index (χ1) is 14.9. The van der Waals surface area contributed by atoms with Crippen LogP contribution >= 0.6 is 11.3 Å². The molecule has 1 aliphatic heterocycles. The van der Waals surface area contributed by atoms with E-state index in [0.717, 1.165) is 42.7 Å². The van der Waals surface area contributed by atoms with Crippen LogP contribution in [0.1, 0.15) is 54.5 Å². The maximum absolute atomic E-state index is 11.4. The van der Waals surface area contributed by atoms with Crippen molar-refractivity contribution in [3.05, 3.63) is 40.7 Å². The summed E-state index contributed by atoms with van der Waals surface area (Å²) < 4.78 is 3.19. The van der Waals surface area contributed by atoms with Crippen molar-refractivity contribution in [2.24, 2.45) is 5.73 Å². The number of amides is 1. The van der Waals surface area contributed by atoms with Crippen LogP contribution in [0.4, 0.5) is 0 Å². The second-order valence-electron chi connectivity index (χ2n) is 8.94. The van der Waals surface area contributed by atoms with Crippen molar-refractivity contribution in [3.63, 3.8) is 0 Å². The van der Waals surface area contributed by atoms with Crippen LogP contribution in [0.25, 0.3) is 27.1 Å². The number of pyridine rings is 1. The summed E-state index contributed by atoms with van der Waals surface area (Å²) in [6.07, 6.45) is 5.91. The quantitative estimate of drug-likeness (QED) is 0.494. The highest BCUT2D eigenvalue weighted by Crippen LogP contribution is 2.43. The van der Waals surface area contributed by atoms with E-state index in [1.54, 1.807) is 6.33 Å². The van der Waals surface area contributed by atoms with E-state index >= 15 is 0 Å². The molecule has 162 valence electrons. The number of thiophene rings is 1. The highest BCUT2D eigenvalue weighted by molar-refractivity contribution is 7.19. The molecule has 5 rings (SSSR count). The Morgan fingerprint density at radius 1 is 1.39 bits per heavy atom. The maximum Gasteiger partial charge on any atom is 0.231 e. The van der Waals surface area contributed by atoms with Crippen LogP contribution in [0.2, 0.25) is 0 Å². The number of rotatable bonds is 5. The van der Waals surface area contributed by atoms with Gasteiger partial charge in [0.15, 0.2) is 5.65 Å². The number of nitrogens with two attached hydrogens (primary N) is 1. The largest absolute Gasteiger partial charge is 0.369 e. The van der Waals surface area contributed by atoms with Crippen LogP contribution in [-0.2, 0) is 4.79 Å². The molecule has 1 unspecified atom stereocenters. The van der Waals surface area contributed by atoms with E-state index in [1.807, 2.05) is 15.9 Å². The molecule has 3 N–H and O–H groups in total. The van der Waals surface area contributed by atoms with E-state index in [4.69, 9.17) is 5.73 Å². The number of aromatic amines is 1. The number of H-pyrrole nitrogens is 1. The summed E-state index contributed by atoms with van der Waals surface area (Å²) in [6, 6.07) is 4.50. The highest BCUT2D eigenvalue weighted by Gasteiger charge is 2.26. The first-order valence-electron chi connectivity index (χ1n) is 10.9. The van der Waals surface area contributed by atoms with Gasteiger partial charge < -0.3 is 10.7 Å². The molecule has 1 amide bonds. The van der Waals surface area contributed by atoms with Gasteiger partial charge in [-0.25, -0.2) is 9.50 Å². The van der Waals surface area contributed by atoms with Crippen molar-refractivity contribution in [2.45, 2.75) is 45.4 Å². The van der Waals surface area contributed by atoms with Gasteiger partial charge in [-0.15, -0.1) is 11.3 Å². The lowest BCUT2D eigenvalue weighted by molar-refractivity contribution is -0.119. The van der Waals surface area contributed by atoms with E-state index in [2.05, 4.69) is 59.1 Å². The Hall–Kier alpha value is -2.71. The van der Waals surface area contributed by atoms with Gasteiger partial charge in [0.05, 0.1) is 22.5 Å². The van der Waals surface area contributed by atoms with E-state index < -0.39 is 0 Å². The van der Waals surface area contributed by atoms with Gasteiger partial charge in [-0.2, -0.15) is 5.10 Å². The third-order valence-corrected chi connectivity index (χ3v) is 7.57. The van der Waals surface area contributed by atoms with Gasteiger partial charge in [0, 0.05) is 29.1 Å². The average molecular weight is 437 g/mol. The fourth-order valence-corrected chi connectivity index (χ4v) is 6.32. The summed E-state index contributed by atoms with van der Waals surface area (Å²) in [6.45, 7) is 8.79. The molecule has 0 saturated carbocycles. The van der Waals surface area contributed by atoms with E-state index in [1.165, 1.54) is 26.4 Å². The standard InChI is InChI=1S/C23H28N6OS/c1-13(2)20-21(16-7-14(3)23-25-12-26-29(23)10-16)27-17-8-18(31-22(17)20)15-5-4-6-28(9-15)11-19(24)30/h7-8,10,12-13,15,27H,4-6,9,11H2,1-3H3,(H2,24,30). The second-order valence-corrected chi connectivity index (χ2v) is 10.0. The number of carbonyl (C=O) groups is 1. The summed E-state index contributed by atoms with van der Waals surface area (Å²) in [7, 11) is 0. The van der Waals surface area contributed by atoms with Crippen molar-refractivity contribution in [3.8, 4) is 11.3 Å². The van der Waals surface area contributed by atoms with E-state index in [0.29, 0.717) is 18.4 Å². The minimum absolute atomic E-state index is 0.245. The molecule has 7 nitrogen and oxygen atoms in total. The molecule has 1 aliphatic rings. The molecule has 0 aromatic carbocycles. The van der Waals surface area contributed by atoms with Gasteiger partial charge in [-0.1, -0.05) is 13.8 Å². The zero-order valence-corrected chi connectivity index (χ0v) is 19.0. The summed E-state index contributed by atoms with van der Waals surface area (Å²) in [5.74, 6) is 0.598. The lowest BCUT2D eigenvalue weighted by Gasteiger charge is -2.31. The Balaban J connectivity index is 1.54. The van der Waals surface area contributed by atoms with Crippen molar-refractivity contribution in [1.82, 2.24) is 24.5 Å². The molecule has 0 bridgehead atoms. The summed E-state index contributed by atoms with van der Waals surface area (Å²) >= 11 is 1.90. The number of carbonyl (C=O) groups excluding carboxylic acids is 1. The Morgan fingerprint density at radius 3 is 3.00 bits per heavy atom. The highest BCUT2D eigenvalue weighted by atomic mass is 32.1. The van der Waals surface area contributed by atoms with Gasteiger partial charge in [0.2, 0.25) is 5.91 Å². The predicted octanol–water partition coefficient (Wildman–Crippen LogP) is 4.04. The van der Waals surface area contributed by atoms with Gasteiger partial charge in [-0.3, -0.25) is 9.69 Å². The van der Waals surface area contributed by atoms with Gasteiger partial charge in [-0.05, 0) is 55.5 Å². The van der Waals surface area contributed by atoms with Gasteiger partial charge >= 0.3 is 0 Å². The Bertz CT molecular complexity index is 1270. The summed E-state index contributed by atoms with van der Waals surface area (Å²) in [5, 5.41) is 4.34. The normalized spacial score (nSPS) is 17.9. The van der Waals surface area contributed by atoms with Crippen LogP contribution < -0.4 is 5.73 Å². The third-order valence-electron chi connectivity index (χ3n) is 6.24. The van der Waals surface area contributed by atoms with Crippen LogP contribution in [0, 0.1) is 6.92 Å². The Morgan fingerprint density at radius 2 is 2.23 bits per heavy atom. The lowest BCUT2D eigenvalue weighted by Crippen LogP contribution is -2.39. The number of hydrogen-bond acceptors (Lipinski definition) is 5. The molecule has 0 spiro atoms. The van der Waals surface area contributed by atoms with Crippen molar-refractivity contribution in [2.75, 3.05) is 19.6 Å². The first kappa shape index (κ1) is 20.2. The van der Waals surface area contributed by atoms with E-state index in [-0.39, 0.29) is 5.91 Å². The average Bonchev–Trinajstić information content (AvgIpc) is 3.41. The number of likely N-dealkylation sites (tertiary alicyclic amines) is 1. The zero-order chi connectivity index (χ0) is 21.7. The fraction of sp³-hybridized carbons (Fsp3) is 0.435. The van der Waals surface area contributed by atoms with Gasteiger partial charge in [0.25, 0.3) is 0 Å². The lowest BCUT2D eigenvalue weighted by atomic mass is 9.96. The Kier molecular flexibility index (Phi) is 5.06. The molecular weight excluding hydrogens is 408 g/mol. The summed E-state index contributed by atoms with van der Waals surface area (Å²) in [4.78, 5) is 23.0. The fourth-order valence-electron chi connectivity index (χ4n) is 4.88. The molecule has 0 radical (unpaired) electrons. The molecule has 1 atom stereocenters. The monoisotopic (exact) mass is 436 g/mol. The second kappa shape index (κ2) is 7.76. The number of hydrogen-bond donors (Lipinski definition) is 2. The van der Waals surface area contributed by atoms with Crippen LogP contribution in [0.15, 0.2) is 24.7 Å². The molecule has 1 fully saturated rings. The van der Waals surface area contributed by atoms with Crippen LogP contribution in [0.3, 0.4) is 0 Å². The van der Waals surface area contributed by atoms with E-state index in [9.17, 15) is 4.79 Å². The summed E-state index contributed by atoms with van der Waals surface area (Å²) in [5.41, 5.74) is 12.3. The molecule has 31 heavy (non-hydrogen) atoms. The molecule has 4 aromatic heterocycles. The molecule has 1 saturated heterocycles. The number of piperidine rings is 1. The van der Waals surface area contributed by atoms with Crippen LogP contribution in [-0.4, -0.2) is 50.0 Å². The molecule has 8 heteroatoms. The molecule has 5 heterocycles. The number of aromatic nitrogens is 4. The molecule has 0 aliphatic carbocycles. The molecular formula is C23H28N6OS. The van der Waals surface area contributed by atoms with Crippen molar-refractivity contribution >= 4 is 33.1 Å². The zero-order valence-electron chi connectivity index (χ0n) is 18.2. The first-order valence-corrected chi connectivity index (χ1v) is 11.7. The number of aryl methyl sites for hydroxylation is 1. The number of fused-ring (bicyclic) bond motifs is 2. The van der Waals surface area contributed by atoms with Crippen molar-refractivity contribution < 1.29 is 4.79 Å². The van der Waals surface area contributed by atoms with Crippen molar-refractivity contribution in [1.29, 1.82) is 0 Å². The predicted molar refractivity (Wildman–Crippen MR) is 125 cm³/mol. The van der Waals surface area contributed by atoms with Gasteiger partial charge in [0.1, 0.15) is 6.33 Å². The minimum atomic E-state index is -0.245. The Labute approximate surface area is 185 Å². The maximum atomic E-state index is 11.4. The topological polar surface area (TPSA) is 92.3 Å². The number of nitrogens with zero attached hydrogens (tertiary/aromatic N) is 4. The third kappa shape index (κ3) is 3.64. The van der Waals surface area contributed by atoms with Crippen LogP contribution in [0.5, 0.6) is 0 Å². The number of primary amides is 1.